The summed E-state index contributed by atoms with van der Waals surface area (Å²) in [5, 5.41) is -0.104. The highest BCUT2D eigenvalue weighted by Crippen LogP contribution is 2.40. The van der Waals surface area contributed by atoms with Crippen LogP contribution < -0.4 is 0 Å². The molecule has 0 N–H and O–H groups in total. The molecule has 3 nitrogen and oxygen atoms in total. The van der Waals surface area contributed by atoms with E-state index in [4.69, 9.17) is 9.16 Å². The van der Waals surface area contributed by atoms with Crippen molar-refractivity contribution in [1.29, 1.82) is 0 Å². The SMILES string of the molecule is C=CC(C)(/C=C(/C(=O)OC)c1cccc(C(F)(F)F)c1)O[Si](C)(C)C(C)(C)C. The highest BCUT2D eigenvalue weighted by Gasteiger charge is 2.42. The van der Waals surface area contributed by atoms with Crippen molar-refractivity contribution in [1.82, 2.24) is 0 Å². The average Bonchev–Trinajstić information content (AvgIpc) is 2.57. The van der Waals surface area contributed by atoms with Crippen LogP contribution in [0.1, 0.15) is 38.8 Å². The molecule has 1 unspecified atom stereocenters. The lowest BCUT2D eigenvalue weighted by molar-refractivity contribution is -0.138. The molecule has 7 heteroatoms. The lowest BCUT2D eigenvalue weighted by Gasteiger charge is -2.42. The van der Waals surface area contributed by atoms with Crippen molar-refractivity contribution >= 4 is 19.9 Å². The largest absolute Gasteiger partial charge is 0.465 e. The molecule has 0 amide bonds. The molecular weight excluding hydrogens is 385 g/mol. The lowest BCUT2D eigenvalue weighted by Crippen LogP contribution is -2.47. The zero-order valence-electron chi connectivity index (χ0n) is 17.5. The first-order valence-electron chi connectivity index (χ1n) is 8.89. The molecule has 1 atom stereocenters. The molecule has 0 aliphatic carbocycles. The van der Waals surface area contributed by atoms with Crippen LogP contribution in [-0.4, -0.2) is 27.0 Å². The van der Waals surface area contributed by atoms with E-state index < -0.39 is 31.6 Å². The molecule has 0 radical (unpaired) electrons. The zero-order chi connectivity index (χ0) is 22.0. The molecule has 0 heterocycles. The van der Waals surface area contributed by atoms with E-state index in [-0.39, 0.29) is 16.2 Å². The number of carbonyl (C=O) groups is 1. The van der Waals surface area contributed by atoms with E-state index in [1.165, 1.54) is 25.3 Å². The maximum absolute atomic E-state index is 13.1. The van der Waals surface area contributed by atoms with Crippen molar-refractivity contribution in [2.45, 2.75) is 57.6 Å². The molecule has 0 bridgehead atoms. The van der Waals surface area contributed by atoms with E-state index in [2.05, 4.69) is 27.4 Å². The highest BCUT2D eigenvalue weighted by molar-refractivity contribution is 6.74. The molecule has 0 fully saturated rings. The van der Waals surface area contributed by atoms with Gasteiger partial charge in [0.15, 0.2) is 8.32 Å². The van der Waals surface area contributed by atoms with Crippen LogP contribution >= 0.6 is 0 Å². The van der Waals surface area contributed by atoms with Gasteiger partial charge in [-0.1, -0.05) is 45.6 Å². The van der Waals surface area contributed by atoms with E-state index in [9.17, 15) is 18.0 Å². The van der Waals surface area contributed by atoms with Gasteiger partial charge < -0.3 is 9.16 Å². The fourth-order valence-corrected chi connectivity index (χ4v) is 3.90. The second kappa shape index (κ2) is 8.25. The van der Waals surface area contributed by atoms with Crippen LogP contribution in [0.25, 0.3) is 5.57 Å². The number of rotatable bonds is 6. The first-order valence-corrected chi connectivity index (χ1v) is 11.8. The summed E-state index contributed by atoms with van der Waals surface area (Å²) < 4.78 is 50.5. The minimum atomic E-state index is -4.52. The van der Waals surface area contributed by atoms with E-state index in [0.717, 1.165) is 12.1 Å². The van der Waals surface area contributed by atoms with Gasteiger partial charge in [-0.3, -0.25) is 0 Å². The van der Waals surface area contributed by atoms with Crippen molar-refractivity contribution in [2.24, 2.45) is 0 Å². The second-order valence-corrected chi connectivity index (χ2v) is 13.1. The van der Waals surface area contributed by atoms with E-state index >= 15 is 0 Å². The topological polar surface area (TPSA) is 35.5 Å². The molecule has 0 saturated carbocycles. The standard InChI is InChI=1S/C21H29F3O3Si/c1-9-20(5,27-28(7,8)19(2,3)4)14-17(18(25)26-6)15-11-10-12-16(13-15)21(22,23)24/h9-14H,1H2,2-8H3/b17-14+. The molecule has 0 aliphatic heterocycles. The zero-order valence-corrected chi connectivity index (χ0v) is 18.5. The Balaban J connectivity index is 3.53. The molecule has 0 aliphatic rings. The van der Waals surface area contributed by atoms with Gasteiger partial charge in [-0.2, -0.15) is 13.2 Å². The second-order valence-electron chi connectivity index (χ2n) is 8.38. The molecular formula is C21H29F3O3Si. The van der Waals surface area contributed by atoms with E-state index in [1.807, 2.05) is 13.1 Å². The Morgan fingerprint density at radius 2 is 1.71 bits per heavy atom. The van der Waals surface area contributed by atoms with Crippen LogP contribution in [0.2, 0.25) is 18.1 Å². The fourth-order valence-electron chi connectivity index (χ4n) is 2.35. The number of carbonyl (C=O) groups excluding carboxylic acids is 1. The van der Waals surface area contributed by atoms with Crippen LogP contribution in [-0.2, 0) is 20.1 Å². The Bertz CT molecular complexity index is 761. The molecule has 0 aromatic heterocycles. The summed E-state index contributed by atoms with van der Waals surface area (Å²) in [5.74, 6) is -0.744. The Morgan fingerprint density at radius 1 is 1.14 bits per heavy atom. The van der Waals surface area contributed by atoms with Crippen molar-refractivity contribution < 1.29 is 27.1 Å². The predicted octanol–water partition coefficient (Wildman–Crippen LogP) is 6.23. The fraction of sp³-hybridized carbons (Fsp3) is 0.476. The van der Waals surface area contributed by atoms with Crippen molar-refractivity contribution in [3.8, 4) is 0 Å². The monoisotopic (exact) mass is 414 g/mol. The van der Waals surface area contributed by atoms with E-state index in [1.54, 1.807) is 13.0 Å². The van der Waals surface area contributed by atoms with Gasteiger partial charge in [0.25, 0.3) is 0 Å². The summed E-state index contributed by atoms with van der Waals surface area (Å²) in [6.07, 6.45) is -1.48. The Morgan fingerprint density at radius 3 is 2.14 bits per heavy atom. The molecule has 156 valence electrons. The number of halogens is 3. The number of methoxy groups -OCH3 is 1. The quantitative estimate of drug-likeness (QED) is 0.240. The van der Waals surface area contributed by atoms with Crippen LogP contribution in [0.3, 0.4) is 0 Å². The summed E-state index contributed by atoms with van der Waals surface area (Å²) in [5.41, 5.74) is -1.80. The first kappa shape index (κ1) is 24.2. The third kappa shape index (κ3) is 5.82. The van der Waals surface area contributed by atoms with Crippen LogP contribution in [0.5, 0.6) is 0 Å². The summed E-state index contributed by atoms with van der Waals surface area (Å²) in [6, 6.07) is 4.58. The maximum Gasteiger partial charge on any atom is 0.416 e. The van der Waals surface area contributed by atoms with Crippen molar-refractivity contribution in [3.63, 3.8) is 0 Å². The highest BCUT2D eigenvalue weighted by atomic mass is 28.4. The van der Waals surface area contributed by atoms with Gasteiger partial charge in [0.2, 0.25) is 0 Å². The number of ether oxygens (including phenoxy) is 1. The average molecular weight is 415 g/mol. The molecule has 1 aromatic rings. The van der Waals surface area contributed by atoms with Gasteiger partial charge in [0.05, 0.1) is 23.8 Å². The first-order chi connectivity index (χ1) is 12.6. The van der Waals surface area contributed by atoms with E-state index in [0.29, 0.717) is 0 Å². The Hall–Kier alpha value is -1.86. The summed E-state index contributed by atoms with van der Waals surface area (Å²) in [6.45, 7) is 15.8. The normalized spacial score (nSPS) is 15.7. The van der Waals surface area contributed by atoms with Crippen LogP contribution in [0, 0.1) is 0 Å². The van der Waals surface area contributed by atoms with Crippen molar-refractivity contribution in [2.75, 3.05) is 7.11 Å². The lowest BCUT2D eigenvalue weighted by atomic mass is 9.96. The maximum atomic E-state index is 13.1. The summed E-state index contributed by atoms with van der Waals surface area (Å²) in [7, 11) is -1.08. The van der Waals surface area contributed by atoms with Gasteiger partial charge in [0.1, 0.15) is 0 Å². The van der Waals surface area contributed by atoms with Gasteiger partial charge in [-0.25, -0.2) is 4.79 Å². The smallest absolute Gasteiger partial charge is 0.416 e. The summed E-state index contributed by atoms with van der Waals surface area (Å²) >= 11 is 0. The van der Waals surface area contributed by atoms with Crippen LogP contribution in [0.4, 0.5) is 13.2 Å². The Kier molecular flexibility index (Phi) is 7.12. The molecule has 28 heavy (non-hydrogen) atoms. The third-order valence-electron chi connectivity index (χ3n) is 5.02. The van der Waals surface area contributed by atoms with Gasteiger partial charge >= 0.3 is 12.1 Å². The van der Waals surface area contributed by atoms with Gasteiger partial charge in [0, 0.05) is 0 Å². The summed E-state index contributed by atoms with van der Waals surface area (Å²) in [4.78, 5) is 12.4. The number of esters is 1. The van der Waals surface area contributed by atoms with Gasteiger partial charge in [-0.15, -0.1) is 0 Å². The minimum Gasteiger partial charge on any atom is -0.465 e. The number of hydrogen-bond donors (Lipinski definition) is 0. The Labute approximate surface area is 166 Å². The van der Waals surface area contributed by atoms with Crippen LogP contribution in [0.15, 0.2) is 43.0 Å². The number of alkyl halides is 3. The van der Waals surface area contributed by atoms with Crippen molar-refractivity contribution in [3.05, 3.63) is 54.1 Å². The third-order valence-corrected chi connectivity index (χ3v) is 9.59. The van der Waals surface area contributed by atoms with Gasteiger partial charge in [-0.05, 0) is 48.8 Å². The molecule has 0 saturated heterocycles. The molecule has 0 spiro atoms. The molecule has 1 rings (SSSR count). The number of hydrogen-bond acceptors (Lipinski definition) is 3. The molecule has 1 aromatic carbocycles. The number of benzene rings is 1. The predicted molar refractivity (Wildman–Crippen MR) is 108 cm³/mol. The minimum absolute atomic E-state index is 0.00490.